The smallest absolute Gasteiger partial charge is 0.248 e. The number of aldehydes is 1. The van der Waals surface area contributed by atoms with Crippen molar-refractivity contribution in [3.05, 3.63) is 71.3 Å². The topological polar surface area (TPSA) is 106 Å². The number of amides is 1. The molecule has 5 heterocycles. The maximum Gasteiger partial charge on any atom is 0.248 e. The molecule has 2 unspecified atom stereocenters. The second-order valence-corrected chi connectivity index (χ2v) is 13.3. The maximum absolute atomic E-state index is 13.6. The van der Waals surface area contributed by atoms with Gasteiger partial charge in [0.25, 0.3) is 0 Å². The van der Waals surface area contributed by atoms with Gasteiger partial charge in [0.05, 0.1) is 6.04 Å². The average molecular weight is 658 g/mol. The summed E-state index contributed by atoms with van der Waals surface area (Å²) >= 11 is 0. The van der Waals surface area contributed by atoms with E-state index in [0.717, 1.165) is 55.5 Å². The Kier molecular flexibility index (Phi) is 11.0. The summed E-state index contributed by atoms with van der Waals surface area (Å²) in [6.45, 7) is 7.14. The summed E-state index contributed by atoms with van der Waals surface area (Å²) in [5.74, 6) is -2.09. The Balaban J connectivity index is 0.000000417. The van der Waals surface area contributed by atoms with E-state index in [-0.39, 0.29) is 37.6 Å². The van der Waals surface area contributed by atoms with Crippen molar-refractivity contribution in [2.75, 3.05) is 6.54 Å². The number of piperidine rings is 1. The summed E-state index contributed by atoms with van der Waals surface area (Å²) in [6, 6.07) is 6.41. The first-order valence-corrected chi connectivity index (χ1v) is 16.5. The largest absolute Gasteiger partial charge is 0.349 e. The Hall–Kier alpha value is -3.74. The highest BCUT2D eigenvalue weighted by atomic mass is 19.3. The molecule has 1 saturated carbocycles. The van der Waals surface area contributed by atoms with Crippen LogP contribution in [0.1, 0.15) is 117 Å². The SMILES string of the molecule is Cc1nnc(C(C)C)n1C1CC2CCC(C1)N2CC[C@H](NC(=O)C1CCC(F)(F)CC1)c1ccc(F)nc1.O=Cc1ccc(F)nc1. The molecular formula is C34H43F4N7O2. The van der Waals surface area contributed by atoms with Crippen LogP contribution in [0.2, 0.25) is 0 Å². The van der Waals surface area contributed by atoms with Gasteiger partial charge in [0.15, 0.2) is 6.29 Å². The maximum atomic E-state index is 13.6. The molecule has 3 aromatic heterocycles. The van der Waals surface area contributed by atoms with Gasteiger partial charge in [0, 0.05) is 67.3 Å². The summed E-state index contributed by atoms with van der Waals surface area (Å²) in [7, 11) is 0. The summed E-state index contributed by atoms with van der Waals surface area (Å²) < 4.78 is 55.1. The van der Waals surface area contributed by atoms with E-state index in [1.54, 1.807) is 6.07 Å². The molecule has 0 radical (unpaired) electrons. The number of carbonyl (C=O) groups excluding carboxylic acids is 2. The molecule has 13 heteroatoms. The molecule has 6 rings (SSSR count). The zero-order valence-corrected chi connectivity index (χ0v) is 27.1. The Bertz CT molecular complexity index is 1480. The number of alkyl halides is 2. The van der Waals surface area contributed by atoms with Crippen LogP contribution in [0.3, 0.4) is 0 Å². The van der Waals surface area contributed by atoms with E-state index in [1.165, 1.54) is 24.5 Å². The van der Waals surface area contributed by atoms with E-state index < -0.39 is 23.7 Å². The number of aromatic nitrogens is 5. The van der Waals surface area contributed by atoms with E-state index in [2.05, 4.69) is 48.8 Å². The fourth-order valence-electron chi connectivity index (χ4n) is 7.29. The zero-order valence-electron chi connectivity index (χ0n) is 27.1. The summed E-state index contributed by atoms with van der Waals surface area (Å²) in [6.07, 6.45) is 8.16. The third-order valence-corrected chi connectivity index (χ3v) is 9.75. The van der Waals surface area contributed by atoms with Gasteiger partial charge in [-0.3, -0.25) is 14.5 Å². The molecule has 2 bridgehead atoms. The van der Waals surface area contributed by atoms with Crippen LogP contribution in [0.5, 0.6) is 0 Å². The van der Waals surface area contributed by atoms with Crippen LogP contribution in [0.25, 0.3) is 0 Å². The molecule has 9 nitrogen and oxygen atoms in total. The van der Waals surface area contributed by atoms with Crippen molar-refractivity contribution in [2.45, 2.75) is 115 Å². The second kappa shape index (κ2) is 15.0. The Morgan fingerprint density at radius 3 is 2.15 bits per heavy atom. The van der Waals surface area contributed by atoms with Crippen molar-refractivity contribution in [2.24, 2.45) is 5.92 Å². The fraction of sp³-hybridized carbons (Fsp3) is 0.588. The Morgan fingerprint density at radius 2 is 1.60 bits per heavy atom. The number of halogens is 4. The molecular weight excluding hydrogens is 614 g/mol. The van der Waals surface area contributed by atoms with Gasteiger partial charge < -0.3 is 9.88 Å². The predicted octanol–water partition coefficient (Wildman–Crippen LogP) is 6.52. The van der Waals surface area contributed by atoms with Crippen LogP contribution in [0.15, 0.2) is 36.7 Å². The lowest BCUT2D eigenvalue weighted by Gasteiger charge is -2.40. The van der Waals surface area contributed by atoms with Crippen molar-refractivity contribution in [1.82, 2.24) is 34.9 Å². The lowest BCUT2D eigenvalue weighted by Crippen LogP contribution is -2.45. The van der Waals surface area contributed by atoms with Crippen LogP contribution in [0.4, 0.5) is 17.6 Å². The minimum absolute atomic E-state index is 0.186. The molecule has 0 spiro atoms. The highest BCUT2D eigenvalue weighted by molar-refractivity contribution is 5.79. The van der Waals surface area contributed by atoms with Gasteiger partial charge in [-0.1, -0.05) is 19.9 Å². The van der Waals surface area contributed by atoms with Crippen molar-refractivity contribution < 1.29 is 27.2 Å². The lowest BCUT2D eigenvalue weighted by molar-refractivity contribution is -0.130. The number of rotatable bonds is 9. The predicted molar refractivity (Wildman–Crippen MR) is 167 cm³/mol. The molecule has 1 N–H and O–H groups in total. The van der Waals surface area contributed by atoms with E-state index in [0.29, 0.717) is 42.3 Å². The molecule has 2 saturated heterocycles. The van der Waals surface area contributed by atoms with E-state index in [9.17, 15) is 27.2 Å². The van der Waals surface area contributed by atoms with Crippen molar-refractivity contribution >= 4 is 12.2 Å². The van der Waals surface area contributed by atoms with E-state index in [1.807, 2.05) is 6.92 Å². The quantitative estimate of drug-likeness (QED) is 0.159. The summed E-state index contributed by atoms with van der Waals surface area (Å²) in [5, 5.41) is 11.9. The van der Waals surface area contributed by atoms with Gasteiger partial charge in [-0.05, 0) is 75.6 Å². The summed E-state index contributed by atoms with van der Waals surface area (Å²) in [5.41, 5.74) is 1.13. The van der Waals surface area contributed by atoms with Crippen LogP contribution >= 0.6 is 0 Å². The third kappa shape index (κ3) is 8.60. The van der Waals surface area contributed by atoms with E-state index in [4.69, 9.17) is 0 Å². The first-order chi connectivity index (χ1) is 22.4. The number of pyridine rings is 2. The Labute approximate surface area is 272 Å². The lowest BCUT2D eigenvalue weighted by atomic mass is 9.86. The minimum atomic E-state index is -2.68. The number of nitrogens with zero attached hydrogens (tertiary/aromatic N) is 6. The van der Waals surface area contributed by atoms with Gasteiger partial charge in [-0.25, -0.2) is 18.7 Å². The monoisotopic (exact) mass is 657 g/mol. The first kappa shape index (κ1) is 34.6. The molecule has 47 heavy (non-hydrogen) atoms. The standard InChI is InChI=1S/C28H39F3N6O.C6H4FNO/c1-17(2)26-35-34-18(3)37(26)23-14-21-5-6-22(15-23)36(21)13-10-24(20-4-7-25(29)32-16-20)33-27(38)19-8-11-28(30,31)12-9-19;7-6-2-1-5(4-9)3-8-6/h4,7,16-17,19,21-24H,5-6,8-15H2,1-3H3,(H,33,38);1-4H/t21?,22?,23?,24-;/m0./s1. The fourth-order valence-corrected chi connectivity index (χ4v) is 7.29. The molecule has 254 valence electrons. The number of hydrogen-bond acceptors (Lipinski definition) is 7. The van der Waals surface area contributed by atoms with Crippen LogP contribution in [-0.2, 0) is 4.79 Å². The number of hydrogen-bond donors (Lipinski definition) is 1. The van der Waals surface area contributed by atoms with Gasteiger partial charge in [0.1, 0.15) is 11.6 Å². The minimum Gasteiger partial charge on any atom is -0.349 e. The van der Waals surface area contributed by atoms with Crippen LogP contribution in [-0.4, -0.2) is 66.4 Å². The van der Waals surface area contributed by atoms with E-state index >= 15 is 0 Å². The van der Waals surface area contributed by atoms with Gasteiger partial charge in [-0.15, -0.1) is 10.2 Å². The average Bonchev–Trinajstić information content (AvgIpc) is 3.55. The van der Waals surface area contributed by atoms with Crippen LogP contribution < -0.4 is 5.32 Å². The van der Waals surface area contributed by atoms with Gasteiger partial charge in [-0.2, -0.15) is 8.78 Å². The third-order valence-electron chi connectivity index (χ3n) is 9.75. The number of carbonyl (C=O) groups is 2. The molecule has 2 aliphatic heterocycles. The molecule has 3 fully saturated rings. The summed E-state index contributed by atoms with van der Waals surface area (Å²) in [4.78, 5) is 32.6. The molecule has 3 atom stereocenters. The zero-order chi connectivity index (χ0) is 33.7. The first-order valence-electron chi connectivity index (χ1n) is 16.5. The van der Waals surface area contributed by atoms with Crippen molar-refractivity contribution in [3.8, 4) is 0 Å². The van der Waals surface area contributed by atoms with Gasteiger partial charge >= 0.3 is 0 Å². The second-order valence-electron chi connectivity index (χ2n) is 13.3. The normalized spacial score (nSPS) is 23.2. The highest BCUT2D eigenvalue weighted by Crippen LogP contribution is 2.42. The van der Waals surface area contributed by atoms with Crippen LogP contribution in [0, 0.1) is 24.7 Å². The molecule has 1 amide bonds. The number of fused-ring (bicyclic) bond motifs is 2. The molecule has 3 aliphatic rings. The van der Waals surface area contributed by atoms with Gasteiger partial charge in [0.2, 0.25) is 23.7 Å². The van der Waals surface area contributed by atoms with Crippen molar-refractivity contribution in [1.29, 1.82) is 0 Å². The number of nitrogens with one attached hydrogen (secondary N) is 1. The number of aryl methyl sites for hydroxylation is 1. The Morgan fingerprint density at radius 1 is 0.957 bits per heavy atom. The molecule has 0 aromatic carbocycles. The van der Waals surface area contributed by atoms with Crippen molar-refractivity contribution in [3.63, 3.8) is 0 Å². The molecule has 1 aliphatic carbocycles. The highest BCUT2D eigenvalue weighted by Gasteiger charge is 2.42. The molecule has 3 aromatic rings.